The summed E-state index contributed by atoms with van der Waals surface area (Å²) in [7, 11) is 1.61. The molecule has 3 N–H and O–H groups in total. The Bertz CT molecular complexity index is 1250. The van der Waals surface area contributed by atoms with E-state index in [1.807, 2.05) is 85.8 Å². The third-order valence-corrected chi connectivity index (χ3v) is 6.23. The van der Waals surface area contributed by atoms with Gasteiger partial charge in [0.25, 0.3) is 0 Å². The predicted molar refractivity (Wildman–Crippen MR) is 133 cm³/mol. The van der Waals surface area contributed by atoms with E-state index in [2.05, 4.69) is 15.5 Å². The number of nitrogens with one attached hydrogen (secondary N) is 1. The molecule has 4 rings (SSSR count). The van der Waals surface area contributed by atoms with Gasteiger partial charge < -0.3 is 20.6 Å². The molecule has 174 valence electrons. The highest BCUT2D eigenvalue weighted by atomic mass is 32.2. The summed E-state index contributed by atoms with van der Waals surface area (Å²) in [5.74, 6) is 7.94. The van der Waals surface area contributed by atoms with Gasteiger partial charge in [-0.2, -0.15) is 0 Å². The second-order valence-electron chi connectivity index (χ2n) is 7.23. The van der Waals surface area contributed by atoms with E-state index >= 15 is 0 Å². The Kier molecular flexibility index (Phi) is 7.34. The zero-order chi connectivity index (χ0) is 23.9. The highest BCUT2D eigenvalue weighted by molar-refractivity contribution is 8.00. The van der Waals surface area contributed by atoms with E-state index in [0.29, 0.717) is 29.0 Å². The topological polar surface area (TPSA) is 104 Å². The lowest BCUT2D eigenvalue weighted by Crippen LogP contribution is -2.21. The van der Waals surface area contributed by atoms with Gasteiger partial charge in [-0.15, -0.1) is 10.2 Å². The molecule has 0 saturated heterocycles. The second kappa shape index (κ2) is 10.8. The molecule has 4 aromatic rings. The average Bonchev–Trinajstić information content (AvgIpc) is 3.24. The summed E-state index contributed by atoms with van der Waals surface area (Å²) in [4.78, 5) is 13.4. The lowest BCUT2D eigenvalue weighted by atomic mass is 10.1. The summed E-state index contributed by atoms with van der Waals surface area (Å²) in [6.07, 6.45) is 0. The van der Waals surface area contributed by atoms with Crippen molar-refractivity contribution in [1.29, 1.82) is 0 Å². The van der Waals surface area contributed by atoms with E-state index < -0.39 is 5.25 Å². The van der Waals surface area contributed by atoms with Crippen molar-refractivity contribution in [3.05, 3.63) is 84.4 Å². The van der Waals surface area contributed by atoms with Gasteiger partial charge in [-0.25, -0.2) is 4.68 Å². The number of nitrogens with two attached hydrogens (primary N) is 1. The van der Waals surface area contributed by atoms with Crippen molar-refractivity contribution in [2.45, 2.75) is 17.3 Å². The molecule has 1 aromatic heterocycles. The largest absolute Gasteiger partial charge is 0.497 e. The highest BCUT2D eigenvalue weighted by Gasteiger charge is 2.26. The van der Waals surface area contributed by atoms with Crippen molar-refractivity contribution < 1.29 is 14.3 Å². The third-order valence-electron chi connectivity index (χ3n) is 5.02. The van der Waals surface area contributed by atoms with Crippen molar-refractivity contribution in [3.63, 3.8) is 0 Å². The molecule has 0 radical (unpaired) electrons. The van der Waals surface area contributed by atoms with E-state index in [1.165, 1.54) is 16.4 Å². The monoisotopic (exact) mass is 475 g/mol. The maximum Gasteiger partial charge on any atom is 0.242 e. The number of carbonyl (C=O) groups excluding carboxylic acids is 1. The molecule has 1 atom stereocenters. The number of para-hydroxylation sites is 2. The number of benzene rings is 3. The van der Waals surface area contributed by atoms with Crippen molar-refractivity contribution in [2.75, 3.05) is 24.9 Å². The molecule has 0 spiro atoms. The molecule has 8 nitrogen and oxygen atoms in total. The van der Waals surface area contributed by atoms with Crippen LogP contribution in [0.2, 0.25) is 0 Å². The van der Waals surface area contributed by atoms with Crippen LogP contribution in [-0.4, -0.2) is 34.5 Å². The zero-order valence-corrected chi connectivity index (χ0v) is 19.7. The zero-order valence-electron chi connectivity index (χ0n) is 18.8. The molecule has 0 saturated carbocycles. The van der Waals surface area contributed by atoms with Crippen LogP contribution in [0.4, 0.5) is 5.69 Å². The fourth-order valence-corrected chi connectivity index (χ4v) is 4.31. The van der Waals surface area contributed by atoms with E-state index in [-0.39, 0.29) is 5.91 Å². The van der Waals surface area contributed by atoms with Gasteiger partial charge in [0.1, 0.15) is 16.7 Å². The molecule has 1 amide bonds. The first kappa shape index (κ1) is 23.2. The van der Waals surface area contributed by atoms with Crippen LogP contribution in [0.15, 0.2) is 84.0 Å². The first-order valence-corrected chi connectivity index (χ1v) is 11.6. The summed E-state index contributed by atoms with van der Waals surface area (Å²) < 4.78 is 12.3. The molecule has 0 aliphatic heterocycles. The van der Waals surface area contributed by atoms with Crippen LogP contribution in [-0.2, 0) is 4.79 Å². The maximum absolute atomic E-state index is 13.4. The molecular formula is C25H25N5O3S. The summed E-state index contributed by atoms with van der Waals surface area (Å²) in [6.45, 7) is 2.39. The number of hydrogen-bond acceptors (Lipinski definition) is 7. The summed E-state index contributed by atoms with van der Waals surface area (Å²) in [5.41, 5.74) is 2.20. The van der Waals surface area contributed by atoms with Crippen LogP contribution in [0.5, 0.6) is 11.5 Å². The number of rotatable bonds is 9. The Balaban J connectivity index is 1.62. The number of ether oxygens (including phenoxy) is 2. The number of thioether (sulfide) groups is 1. The quantitative estimate of drug-likeness (QED) is 0.271. The van der Waals surface area contributed by atoms with Crippen molar-refractivity contribution in [3.8, 4) is 22.9 Å². The Morgan fingerprint density at radius 1 is 1.03 bits per heavy atom. The number of anilines is 1. The summed E-state index contributed by atoms with van der Waals surface area (Å²) in [6, 6.07) is 24.2. The van der Waals surface area contributed by atoms with Crippen LogP contribution in [0.25, 0.3) is 11.4 Å². The minimum Gasteiger partial charge on any atom is -0.497 e. The minimum absolute atomic E-state index is 0.225. The molecule has 0 bridgehead atoms. The molecule has 9 heteroatoms. The van der Waals surface area contributed by atoms with E-state index in [0.717, 1.165) is 16.9 Å². The number of aromatic nitrogens is 3. The van der Waals surface area contributed by atoms with Gasteiger partial charge in [0.15, 0.2) is 5.82 Å². The number of nitrogen functional groups attached to an aromatic ring is 1. The van der Waals surface area contributed by atoms with Crippen LogP contribution in [0.3, 0.4) is 0 Å². The van der Waals surface area contributed by atoms with E-state index in [9.17, 15) is 4.79 Å². The molecule has 1 heterocycles. The number of nitrogens with zero attached hydrogens (tertiary/aromatic N) is 3. The number of amides is 1. The molecule has 34 heavy (non-hydrogen) atoms. The number of hydrogen-bond donors (Lipinski definition) is 2. The molecule has 3 aromatic carbocycles. The van der Waals surface area contributed by atoms with Gasteiger partial charge >= 0.3 is 0 Å². The lowest BCUT2D eigenvalue weighted by Gasteiger charge is -2.18. The van der Waals surface area contributed by atoms with Crippen LogP contribution >= 0.6 is 11.8 Å². The van der Waals surface area contributed by atoms with Crippen molar-refractivity contribution in [2.24, 2.45) is 0 Å². The Morgan fingerprint density at radius 3 is 2.44 bits per heavy atom. The summed E-state index contributed by atoms with van der Waals surface area (Å²) in [5, 5.41) is 11.3. The average molecular weight is 476 g/mol. The van der Waals surface area contributed by atoms with Crippen molar-refractivity contribution >= 4 is 23.4 Å². The predicted octanol–water partition coefficient (Wildman–Crippen LogP) is 4.54. The SMILES string of the molecule is CCOc1ccccc1NC(=O)C(Sc1nnc(-c2ccc(OC)cc2)n1N)c1ccccc1. The first-order valence-electron chi connectivity index (χ1n) is 10.7. The maximum atomic E-state index is 13.4. The standard InChI is InChI=1S/C25H25N5O3S/c1-3-33-21-12-8-7-11-20(21)27-24(31)22(17-9-5-4-6-10-17)34-25-29-28-23(30(25)26)18-13-15-19(32-2)16-14-18/h4-16,22H,3,26H2,1-2H3,(H,27,31). The Hall–Kier alpha value is -3.98. The second-order valence-corrected chi connectivity index (χ2v) is 8.30. The molecule has 1 unspecified atom stereocenters. The van der Waals surface area contributed by atoms with Crippen LogP contribution in [0.1, 0.15) is 17.7 Å². The van der Waals surface area contributed by atoms with Gasteiger partial charge in [0, 0.05) is 5.56 Å². The normalized spacial score (nSPS) is 11.6. The van der Waals surface area contributed by atoms with Crippen molar-refractivity contribution in [1.82, 2.24) is 14.9 Å². The summed E-state index contributed by atoms with van der Waals surface area (Å²) >= 11 is 1.22. The van der Waals surface area contributed by atoms with Gasteiger partial charge in [-0.1, -0.05) is 54.2 Å². The molecule has 0 aliphatic rings. The first-order chi connectivity index (χ1) is 16.6. The van der Waals surface area contributed by atoms with Gasteiger partial charge in [0.2, 0.25) is 11.1 Å². The fraction of sp³-hybridized carbons (Fsp3) is 0.160. The van der Waals surface area contributed by atoms with Crippen LogP contribution < -0.4 is 20.6 Å². The molecular weight excluding hydrogens is 450 g/mol. The number of methoxy groups -OCH3 is 1. The van der Waals surface area contributed by atoms with E-state index in [4.69, 9.17) is 15.3 Å². The van der Waals surface area contributed by atoms with Gasteiger partial charge in [-0.3, -0.25) is 4.79 Å². The molecule has 0 fully saturated rings. The smallest absolute Gasteiger partial charge is 0.242 e. The Labute approximate surface area is 202 Å². The van der Waals surface area contributed by atoms with E-state index in [1.54, 1.807) is 7.11 Å². The number of carbonyl (C=O) groups is 1. The lowest BCUT2D eigenvalue weighted by molar-refractivity contribution is -0.115. The van der Waals surface area contributed by atoms with Gasteiger partial charge in [0.05, 0.1) is 19.4 Å². The van der Waals surface area contributed by atoms with Crippen LogP contribution in [0, 0.1) is 0 Å². The Morgan fingerprint density at radius 2 is 1.74 bits per heavy atom. The third kappa shape index (κ3) is 5.15. The fourth-order valence-electron chi connectivity index (χ4n) is 3.35. The highest BCUT2D eigenvalue weighted by Crippen LogP contribution is 2.37. The molecule has 0 aliphatic carbocycles. The van der Waals surface area contributed by atoms with Gasteiger partial charge in [-0.05, 0) is 48.9 Å². The minimum atomic E-state index is -0.619.